The van der Waals surface area contributed by atoms with Gasteiger partial charge in [-0.25, -0.2) is 0 Å². The van der Waals surface area contributed by atoms with Crippen LogP contribution in [0.4, 0.5) is 0 Å². The van der Waals surface area contributed by atoms with Crippen LogP contribution in [0.15, 0.2) is 73.3 Å². The van der Waals surface area contributed by atoms with Crippen LogP contribution in [-0.4, -0.2) is 42.3 Å². The van der Waals surface area contributed by atoms with Crippen LogP contribution in [0.25, 0.3) is 10.8 Å². The Labute approximate surface area is 192 Å². The molecule has 3 amide bonds. The molecule has 4 rings (SSSR count). The van der Waals surface area contributed by atoms with Gasteiger partial charge in [0.25, 0.3) is 11.8 Å². The van der Waals surface area contributed by atoms with Gasteiger partial charge in [-0.05, 0) is 41.3 Å². The summed E-state index contributed by atoms with van der Waals surface area (Å²) in [5.74, 6) is -1.01. The fourth-order valence-electron chi connectivity index (χ4n) is 4.17. The second-order valence-electron chi connectivity index (χ2n) is 7.94. The molecule has 168 valence electrons. The Kier molecular flexibility index (Phi) is 6.54. The lowest BCUT2D eigenvalue weighted by molar-refractivity contribution is -0.124. The van der Waals surface area contributed by atoms with E-state index in [1.807, 2.05) is 12.1 Å². The molecule has 3 aromatic rings. The monoisotopic (exact) mass is 442 g/mol. The van der Waals surface area contributed by atoms with Gasteiger partial charge in [-0.3, -0.25) is 19.3 Å². The van der Waals surface area contributed by atoms with Gasteiger partial charge in [0, 0.05) is 13.5 Å². The van der Waals surface area contributed by atoms with E-state index in [9.17, 15) is 14.4 Å². The number of allylic oxidation sites excluding steroid dienone is 1. The van der Waals surface area contributed by atoms with Crippen molar-refractivity contribution in [3.8, 4) is 5.75 Å². The highest BCUT2D eigenvalue weighted by Crippen LogP contribution is 2.33. The molecule has 1 heterocycles. The van der Waals surface area contributed by atoms with E-state index in [0.29, 0.717) is 31.6 Å². The summed E-state index contributed by atoms with van der Waals surface area (Å²) in [7, 11) is 1.49. The molecule has 0 spiro atoms. The highest BCUT2D eigenvalue weighted by molar-refractivity contribution is 6.24. The summed E-state index contributed by atoms with van der Waals surface area (Å²) in [6, 6.07) is 18.5. The second-order valence-corrected chi connectivity index (χ2v) is 7.94. The van der Waals surface area contributed by atoms with Gasteiger partial charge in [0.1, 0.15) is 11.8 Å². The van der Waals surface area contributed by atoms with E-state index >= 15 is 0 Å². The van der Waals surface area contributed by atoms with E-state index < -0.39 is 17.9 Å². The van der Waals surface area contributed by atoms with Gasteiger partial charge in [-0.2, -0.15) is 0 Å². The number of likely N-dealkylation sites (N-methyl/N-ethyl adjacent to an activating group) is 1. The quantitative estimate of drug-likeness (QED) is 0.399. The smallest absolute Gasteiger partial charge is 0.266 e. The molecule has 0 saturated heterocycles. The van der Waals surface area contributed by atoms with Crippen LogP contribution < -0.4 is 10.1 Å². The fourth-order valence-corrected chi connectivity index (χ4v) is 4.17. The molecule has 0 aliphatic carbocycles. The predicted octanol–water partition coefficient (Wildman–Crippen LogP) is 4.14. The van der Waals surface area contributed by atoms with Crippen LogP contribution in [0.3, 0.4) is 0 Å². The molecule has 0 radical (unpaired) electrons. The van der Waals surface area contributed by atoms with Gasteiger partial charge in [0.15, 0.2) is 0 Å². The molecule has 3 aromatic carbocycles. The lowest BCUT2D eigenvalue weighted by Crippen LogP contribution is -2.48. The van der Waals surface area contributed by atoms with Crippen LogP contribution in [0, 0.1) is 0 Å². The molecule has 0 bridgehead atoms. The van der Waals surface area contributed by atoms with E-state index in [-0.39, 0.29) is 17.0 Å². The SMILES string of the molecule is C=CCCC(C(=O)NC)N1C(=O)c2cccc(OCCc3ccc4ccccc4c3)c2C1=O. The Morgan fingerprint density at radius 2 is 1.85 bits per heavy atom. The number of nitrogens with one attached hydrogen (secondary N) is 1. The number of fused-ring (bicyclic) bond motifs is 2. The molecule has 1 aliphatic heterocycles. The molecule has 1 unspecified atom stereocenters. The van der Waals surface area contributed by atoms with Crippen molar-refractivity contribution in [3.05, 3.63) is 90.0 Å². The molecule has 1 atom stereocenters. The number of hydrogen-bond donors (Lipinski definition) is 1. The van der Waals surface area contributed by atoms with E-state index in [0.717, 1.165) is 15.8 Å². The highest BCUT2D eigenvalue weighted by atomic mass is 16.5. The van der Waals surface area contributed by atoms with Crippen LogP contribution >= 0.6 is 0 Å². The number of amides is 3. The zero-order valence-corrected chi connectivity index (χ0v) is 18.5. The number of carbonyl (C=O) groups excluding carboxylic acids is 3. The molecule has 33 heavy (non-hydrogen) atoms. The number of carbonyl (C=O) groups is 3. The zero-order chi connectivity index (χ0) is 23.4. The van der Waals surface area contributed by atoms with Gasteiger partial charge < -0.3 is 10.1 Å². The third-order valence-corrected chi connectivity index (χ3v) is 5.88. The van der Waals surface area contributed by atoms with Crippen molar-refractivity contribution in [2.75, 3.05) is 13.7 Å². The fraction of sp³-hybridized carbons (Fsp3) is 0.222. The van der Waals surface area contributed by atoms with Crippen LogP contribution in [0.1, 0.15) is 39.1 Å². The average Bonchev–Trinajstić information content (AvgIpc) is 3.10. The first-order chi connectivity index (χ1) is 16.0. The van der Waals surface area contributed by atoms with Crippen LogP contribution in [0.5, 0.6) is 5.75 Å². The van der Waals surface area contributed by atoms with Crippen molar-refractivity contribution < 1.29 is 19.1 Å². The Hall–Kier alpha value is -3.93. The van der Waals surface area contributed by atoms with Gasteiger partial charge in [0.05, 0.1) is 17.7 Å². The molecule has 0 fully saturated rings. The van der Waals surface area contributed by atoms with Gasteiger partial charge in [-0.15, -0.1) is 6.58 Å². The topological polar surface area (TPSA) is 75.7 Å². The Balaban J connectivity index is 1.52. The number of nitrogens with zero attached hydrogens (tertiary/aromatic N) is 1. The summed E-state index contributed by atoms with van der Waals surface area (Å²) in [5, 5.41) is 4.88. The molecular formula is C27H26N2O4. The standard InChI is InChI=1S/C27H26N2O4/c1-3-4-11-22(25(30)28-2)29-26(31)21-10-7-12-23(24(21)27(29)32)33-16-15-18-13-14-19-8-5-6-9-20(19)17-18/h3,5-10,12-14,17,22H,1,4,11,15-16H2,2H3,(H,28,30). The number of benzene rings is 3. The van der Waals surface area contributed by atoms with E-state index in [2.05, 4.69) is 42.2 Å². The summed E-state index contributed by atoms with van der Waals surface area (Å²) >= 11 is 0. The highest BCUT2D eigenvalue weighted by Gasteiger charge is 2.44. The molecule has 0 aromatic heterocycles. The van der Waals surface area contributed by atoms with Crippen molar-refractivity contribution >= 4 is 28.5 Å². The summed E-state index contributed by atoms with van der Waals surface area (Å²) < 4.78 is 5.96. The molecule has 1 N–H and O–H groups in total. The summed E-state index contributed by atoms with van der Waals surface area (Å²) in [6.45, 7) is 4.02. The van der Waals surface area contributed by atoms with Crippen molar-refractivity contribution in [1.82, 2.24) is 10.2 Å². The van der Waals surface area contributed by atoms with Gasteiger partial charge >= 0.3 is 0 Å². The van der Waals surface area contributed by atoms with Gasteiger partial charge in [0.2, 0.25) is 5.91 Å². The first kappa shape index (κ1) is 22.3. The maximum Gasteiger partial charge on any atom is 0.266 e. The van der Waals surface area contributed by atoms with E-state index in [1.165, 1.54) is 12.4 Å². The minimum absolute atomic E-state index is 0.216. The Morgan fingerprint density at radius 1 is 1.06 bits per heavy atom. The normalized spacial score (nSPS) is 13.7. The minimum Gasteiger partial charge on any atom is -0.492 e. The number of rotatable bonds is 9. The maximum atomic E-state index is 13.3. The van der Waals surface area contributed by atoms with E-state index in [1.54, 1.807) is 24.3 Å². The number of ether oxygens (including phenoxy) is 1. The van der Waals surface area contributed by atoms with Crippen LogP contribution in [-0.2, 0) is 11.2 Å². The van der Waals surface area contributed by atoms with E-state index in [4.69, 9.17) is 4.74 Å². The lowest BCUT2D eigenvalue weighted by Gasteiger charge is -2.24. The first-order valence-corrected chi connectivity index (χ1v) is 11.0. The van der Waals surface area contributed by atoms with Crippen molar-refractivity contribution in [2.24, 2.45) is 0 Å². The van der Waals surface area contributed by atoms with Crippen molar-refractivity contribution in [1.29, 1.82) is 0 Å². The van der Waals surface area contributed by atoms with Gasteiger partial charge in [-0.1, -0.05) is 54.6 Å². The molecule has 6 nitrogen and oxygen atoms in total. The largest absolute Gasteiger partial charge is 0.492 e. The molecule has 6 heteroatoms. The predicted molar refractivity (Wildman–Crippen MR) is 127 cm³/mol. The molecule has 0 saturated carbocycles. The third kappa shape index (κ3) is 4.37. The lowest BCUT2D eigenvalue weighted by atomic mass is 10.1. The van der Waals surface area contributed by atoms with Crippen LogP contribution in [0.2, 0.25) is 0 Å². The summed E-state index contributed by atoms with van der Waals surface area (Å²) in [5.41, 5.74) is 1.60. The third-order valence-electron chi connectivity index (χ3n) is 5.88. The Bertz CT molecular complexity index is 1230. The summed E-state index contributed by atoms with van der Waals surface area (Å²) in [6.07, 6.45) is 3.13. The molecule has 1 aliphatic rings. The first-order valence-electron chi connectivity index (χ1n) is 11.0. The molecular weight excluding hydrogens is 416 g/mol. The average molecular weight is 443 g/mol. The van der Waals surface area contributed by atoms with Crippen molar-refractivity contribution in [2.45, 2.75) is 25.3 Å². The maximum absolute atomic E-state index is 13.3. The zero-order valence-electron chi connectivity index (χ0n) is 18.5. The van der Waals surface area contributed by atoms with Crippen molar-refractivity contribution in [3.63, 3.8) is 0 Å². The Morgan fingerprint density at radius 3 is 2.61 bits per heavy atom. The minimum atomic E-state index is -0.897. The second kappa shape index (κ2) is 9.69. The number of hydrogen-bond acceptors (Lipinski definition) is 4. The summed E-state index contributed by atoms with van der Waals surface area (Å²) in [4.78, 5) is 39.8. The number of imide groups is 1.